The first-order valence-electron chi connectivity index (χ1n) is 18.1. The van der Waals surface area contributed by atoms with Gasteiger partial charge in [-0.2, -0.15) is 0 Å². The Labute approximate surface area is 302 Å². The predicted octanol–water partition coefficient (Wildman–Crippen LogP) is 5.57. The normalized spacial score (nSPS) is 31.2. The monoisotopic (exact) mass is 748 g/mol. The Kier molecular flexibility index (Phi) is 10.9. The van der Waals surface area contributed by atoms with Crippen LogP contribution in [0.5, 0.6) is 11.6 Å². The molecule has 2 aliphatic heterocycles. The molecule has 0 unspecified atom stereocenters. The fraction of sp³-hybridized carbons (Fsp3) is 0.649. The number of nitrogens with one attached hydrogen (secondary N) is 1. The number of hydrogen-bond acceptors (Lipinski definition) is 9. The van der Waals surface area contributed by atoms with E-state index < -0.39 is 81.3 Å². The maximum Gasteiger partial charge on any atom is 0.243 e. The molecule has 2 aromatic rings. The highest BCUT2D eigenvalue weighted by Gasteiger charge is 2.63. The van der Waals surface area contributed by atoms with Gasteiger partial charge in [-0.15, -0.1) is 0 Å². The zero-order chi connectivity index (χ0) is 37.4. The first-order valence-corrected chi connectivity index (χ1v) is 19.6. The molecule has 1 saturated heterocycles. The first-order chi connectivity index (χ1) is 24.7. The maximum absolute atomic E-state index is 14.5. The van der Waals surface area contributed by atoms with E-state index in [-0.39, 0.29) is 62.8 Å². The van der Waals surface area contributed by atoms with E-state index in [1.54, 1.807) is 18.2 Å². The number of aromatic nitrogens is 2. The number of methoxy groups -OCH3 is 1. The van der Waals surface area contributed by atoms with Crippen molar-refractivity contribution in [2.24, 2.45) is 29.1 Å². The van der Waals surface area contributed by atoms with Crippen molar-refractivity contribution in [2.45, 2.75) is 101 Å². The number of ether oxygens (including phenoxy) is 2. The average Bonchev–Trinajstić information content (AvgIpc) is 4.01. The van der Waals surface area contributed by atoms with Gasteiger partial charge >= 0.3 is 0 Å². The summed E-state index contributed by atoms with van der Waals surface area (Å²) in [7, 11) is -2.82. The third kappa shape index (κ3) is 7.79. The zero-order valence-electron chi connectivity index (χ0n) is 29.7. The van der Waals surface area contributed by atoms with Crippen molar-refractivity contribution >= 4 is 38.7 Å². The van der Waals surface area contributed by atoms with Gasteiger partial charge in [-0.05, 0) is 74.8 Å². The van der Waals surface area contributed by atoms with Gasteiger partial charge in [-0.25, -0.2) is 31.6 Å². The van der Waals surface area contributed by atoms with Crippen molar-refractivity contribution in [3.05, 3.63) is 36.5 Å². The van der Waals surface area contributed by atoms with Crippen molar-refractivity contribution in [2.75, 3.05) is 20.3 Å². The number of allylic oxidation sites excluding steroid dienone is 2. The van der Waals surface area contributed by atoms with Gasteiger partial charge in [0.15, 0.2) is 5.78 Å². The lowest BCUT2D eigenvalue weighted by Gasteiger charge is -2.32. The lowest BCUT2D eigenvalue weighted by molar-refractivity contribution is -0.143. The van der Waals surface area contributed by atoms with Crippen LogP contribution in [-0.2, 0) is 24.4 Å². The molecule has 1 aromatic carbocycles. The van der Waals surface area contributed by atoms with Crippen molar-refractivity contribution < 1.29 is 45.4 Å². The molecule has 2 saturated carbocycles. The number of benzene rings is 1. The minimum atomic E-state index is -4.34. The highest BCUT2D eigenvalue weighted by molar-refractivity contribution is 7.91. The molecule has 1 aromatic heterocycles. The van der Waals surface area contributed by atoms with Gasteiger partial charge < -0.3 is 14.4 Å². The van der Waals surface area contributed by atoms with Gasteiger partial charge in [-0.3, -0.25) is 19.1 Å². The molecule has 3 heterocycles. The van der Waals surface area contributed by atoms with E-state index >= 15 is 0 Å². The second-order valence-corrected chi connectivity index (χ2v) is 17.4. The van der Waals surface area contributed by atoms with E-state index in [4.69, 9.17) is 9.47 Å². The summed E-state index contributed by atoms with van der Waals surface area (Å²) in [6.07, 6.45) is 3.43. The van der Waals surface area contributed by atoms with Crippen LogP contribution in [0.25, 0.3) is 11.0 Å². The fourth-order valence-electron chi connectivity index (χ4n) is 7.99. The summed E-state index contributed by atoms with van der Waals surface area (Å²) in [6, 6.07) is 4.12. The summed E-state index contributed by atoms with van der Waals surface area (Å²) in [5, 5.41) is 0. The van der Waals surface area contributed by atoms with Gasteiger partial charge in [0.05, 0.1) is 42.3 Å². The summed E-state index contributed by atoms with van der Waals surface area (Å²) in [5.41, 5.74) is -0.304. The number of amides is 2. The van der Waals surface area contributed by atoms with Crippen LogP contribution >= 0.6 is 0 Å². The Bertz CT molecular complexity index is 1820. The third-order valence-corrected chi connectivity index (χ3v) is 13.6. The third-order valence-electron chi connectivity index (χ3n) is 11.5. The van der Waals surface area contributed by atoms with E-state index in [2.05, 4.69) is 14.7 Å². The topological polar surface area (TPSA) is 145 Å². The van der Waals surface area contributed by atoms with Crippen LogP contribution in [0.15, 0.2) is 36.5 Å². The summed E-state index contributed by atoms with van der Waals surface area (Å²) >= 11 is 0. The van der Waals surface area contributed by atoms with E-state index in [0.29, 0.717) is 29.6 Å². The molecule has 52 heavy (non-hydrogen) atoms. The number of ketones is 1. The number of fused-ring (bicyclic) bond motifs is 3. The highest BCUT2D eigenvalue weighted by Crippen LogP contribution is 2.58. The van der Waals surface area contributed by atoms with Crippen LogP contribution in [0.1, 0.15) is 78.1 Å². The van der Waals surface area contributed by atoms with Crippen LogP contribution in [0.2, 0.25) is 0 Å². The molecule has 4 aliphatic rings. The molecule has 2 aliphatic carbocycles. The highest BCUT2D eigenvalue weighted by atomic mass is 32.2. The van der Waals surface area contributed by atoms with Crippen LogP contribution < -0.4 is 14.2 Å². The summed E-state index contributed by atoms with van der Waals surface area (Å²) in [5.74, 6) is -2.37. The van der Waals surface area contributed by atoms with Gasteiger partial charge in [0.2, 0.25) is 34.1 Å². The van der Waals surface area contributed by atoms with Gasteiger partial charge in [-0.1, -0.05) is 26.0 Å². The molecule has 11 nitrogen and oxygen atoms in total. The molecule has 2 amide bonds. The molecule has 1 N–H and O–H groups in total. The SMILES string of the molecule is COc1ccc2ncc(O[C@@H]3C[C@H]4C(=O)C[C@]5(C(=O)NS(=O)(=O)C6(CF)CC6)C[C@H]5/C=C\CC[C@@H](C)C[C@@H](C)[C@H](CCC(F)F)C(=O)N4C3)nc2c1. The van der Waals surface area contributed by atoms with Crippen LogP contribution in [0.4, 0.5) is 13.2 Å². The average molecular weight is 749 g/mol. The Morgan fingerprint density at radius 3 is 2.62 bits per heavy atom. The fourth-order valence-corrected chi connectivity index (χ4v) is 9.44. The predicted molar refractivity (Wildman–Crippen MR) is 186 cm³/mol. The first kappa shape index (κ1) is 38.0. The van der Waals surface area contributed by atoms with Crippen molar-refractivity contribution in [3.8, 4) is 11.6 Å². The van der Waals surface area contributed by atoms with Gasteiger partial charge in [0.1, 0.15) is 23.3 Å². The molecule has 3 fully saturated rings. The van der Waals surface area contributed by atoms with Crippen molar-refractivity contribution in [1.82, 2.24) is 19.6 Å². The van der Waals surface area contributed by atoms with E-state index in [1.807, 2.05) is 26.0 Å². The number of nitrogens with zero attached hydrogens (tertiary/aromatic N) is 3. The number of carbonyl (C=O) groups excluding carboxylic acids is 3. The summed E-state index contributed by atoms with van der Waals surface area (Å²) < 4.78 is 79.1. The van der Waals surface area contributed by atoms with Gasteiger partial charge in [0.25, 0.3) is 0 Å². The zero-order valence-corrected chi connectivity index (χ0v) is 30.5. The number of sulfonamides is 1. The minimum Gasteiger partial charge on any atom is -0.497 e. The van der Waals surface area contributed by atoms with Gasteiger partial charge in [0, 0.05) is 31.2 Å². The Balaban J connectivity index is 1.31. The van der Waals surface area contributed by atoms with E-state index in [0.717, 1.165) is 6.42 Å². The number of Topliss-reactive ketones (excluding diaryl/α,β-unsaturated/α-hetero) is 1. The smallest absolute Gasteiger partial charge is 0.243 e. The second kappa shape index (κ2) is 14.9. The Morgan fingerprint density at radius 1 is 1.15 bits per heavy atom. The number of halogens is 3. The molecule has 284 valence electrons. The largest absolute Gasteiger partial charge is 0.497 e. The molecule has 0 spiro atoms. The number of rotatable bonds is 10. The maximum atomic E-state index is 14.5. The summed E-state index contributed by atoms with van der Waals surface area (Å²) in [6.45, 7) is 2.78. The number of hydrogen-bond donors (Lipinski definition) is 1. The minimum absolute atomic E-state index is 0.0313. The molecule has 6 rings (SSSR count). The summed E-state index contributed by atoms with van der Waals surface area (Å²) in [4.78, 5) is 53.0. The second-order valence-electron chi connectivity index (χ2n) is 15.3. The van der Waals surface area contributed by atoms with Crippen LogP contribution in [0, 0.1) is 29.1 Å². The van der Waals surface area contributed by atoms with Crippen LogP contribution in [-0.4, -0.2) is 84.5 Å². The van der Waals surface area contributed by atoms with E-state index in [9.17, 15) is 36.0 Å². The molecule has 15 heteroatoms. The standard InChI is InChI=1S/C37H47F3N4O7S/c1-22-6-4-5-7-24-17-37(24,35(47)43-52(48,49)36(21-38)12-13-36)18-31(45)30-16-26(20-44(30)34(46)27(23(2)14-22)9-11-32(39)40)51-33-19-41-28-10-8-25(50-3)15-29(28)42-33/h5,7-8,10,15,19,22-24,26-27,30,32H,4,6,9,11-14,16-18,20-21H2,1-3H3,(H,43,47)/b7-5-/t22-,23-,24-,26-,27+,30+,37-/m1/s1. The van der Waals surface area contributed by atoms with Crippen molar-refractivity contribution in [3.63, 3.8) is 0 Å². The lowest BCUT2D eigenvalue weighted by atomic mass is 9.81. The number of carbonyl (C=O) groups is 3. The molecule has 0 radical (unpaired) electrons. The van der Waals surface area contributed by atoms with Crippen molar-refractivity contribution in [1.29, 1.82) is 0 Å². The molecule has 0 bridgehead atoms. The lowest BCUT2D eigenvalue weighted by Crippen LogP contribution is -2.48. The molecular weight excluding hydrogens is 701 g/mol. The molecule has 7 atom stereocenters. The van der Waals surface area contributed by atoms with Crippen LogP contribution in [0.3, 0.4) is 0 Å². The number of alkyl halides is 3. The Hall–Kier alpha value is -3.75. The molecular formula is C37H47F3N4O7S. The quantitative estimate of drug-likeness (QED) is 0.308. The Morgan fingerprint density at radius 2 is 1.92 bits per heavy atom. The van der Waals surface area contributed by atoms with E-state index in [1.165, 1.54) is 18.2 Å².